The largest absolute Gasteiger partial charge is 0.417 e. The van der Waals surface area contributed by atoms with Crippen molar-refractivity contribution in [2.75, 3.05) is 4.90 Å². The molecular formula is C16H17F3N4. The summed E-state index contributed by atoms with van der Waals surface area (Å²) >= 11 is 0. The van der Waals surface area contributed by atoms with Crippen molar-refractivity contribution in [1.29, 1.82) is 0 Å². The molecule has 2 aromatic heterocycles. The van der Waals surface area contributed by atoms with Gasteiger partial charge in [0, 0.05) is 30.9 Å². The lowest BCUT2D eigenvalue weighted by Crippen LogP contribution is -2.16. The smallest absolute Gasteiger partial charge is 0.346 e. The Bertz CT molecular complexity index is 695. The topological polar surface area (TPSA) is 41.9 Å². The fourth-order valence-electron chi connectivity index (χ4n) is 2.56. The normalized spacial score (nSPS) is 14.4. The van der Waals surface area contributed by atoms with Crippen LogP contribution in [-0.4, -0.2) is 15.0 Å². The Balaban J connectivity index is 1.76. The molecule has 23 heavy (non-hydrogen) atoms. The van der Waals surface area contributed by atoms with Crippen molar-refractivity contribution >= 4 is 5.82 Å². The van der Waals surface area contributed by atoms with Crippen LogP contribution in [0.4, 0.5) is 19.0 Å². The van der Waals surface area contributed by atoms with Crippen LogP contribution in [0, 0.1) is 5.92 Å². The SMILES string of the molecule is CC(C)Cc1ncc2c(n1)CN(c1ccc(C(F)(F)F)cn1)C2. The quantitative estimate of drug-likeness (QED) is 0.866. The van der Waals surface area contributed by atoms with E-state index in [1.807, 2.05) is 11.1 Å². The average molecular weight is 322 g/mol. The molecule has 0 aromatic carbocycles. The summed E-state index contributed by atoms with van der Waals surface area (Å²) in [5, 5.41) is 0. The highest BCUT2D eigenvalue weighted by Gasteiger charge is 2.31. The van der Waals surface area contributed by atoms with Crippen molar-refractivity contribution in [3.63, 3.8) is 0 Å². The molecule has 0 fully saturated rings. The molecule has 2 aromatic rings. The zero-order valence-corrected chi connectivity index (χ0v) is 12.9. The number of halogens is 3. The molecule has 0 atom stereocenters. The molecule has 0 spiro atoms. The second-order valence-corrected chi connectivity index (χ2v) is 6.12. The summed E-state index contributed by atoms with van der Waals surface area (Å²) in [6.07, 6.45) is -0.874. The van der Waals surface area contributed by atoms with Crippen LogP contribution in [0.1, 0.15) is 36.5 Å². The Labute approximate surface area is 132 Å². The van der Waals surface area contributed by atoms with E-state index in [4.69, 9.17) is 0 Å². The molecule has 0 saturated heterocycles. The highest BCUT2D eigenvalue weighted by molar-refractivity contribution is 5.45. The van der Waals surface area contributed by atoms with E-state index in [9.17, 15) is 13.2 Å². The van der Waals surface area contributed by atoms with Gasteiger partial charge in [0.05, 0.1) is 17.8 Å². The Kier molecular flexibility index (Phi) is 3.95. The van der Waals surface area contributed by atoms with Crippen molar-refractivity contribution in [1.82, 2.24) is 15.0 Å². The van der Waals surface area contributed by atoms with Crippen LogP contribution in [0.2, 0.25) is 0 Å². The molecule has 1 aliphatic heterocycles. The minimum absolute atomic E-state index is 0.474. The van der Waals surface area contributed by atoms with Crippen LogP contribution in [0.5, 0.6) is 0 Å². The van der Waals surface area contributed by atoms with E-state index in [-0.39, 0.29) is 0 Å². The lowest BCUT2D eigenvalue weighted by molar-refractivity contribution is -0.137. The van der Waals surface area contributed by atoms with Gasteiger partial charge in [-0.05, 0) is 18.1 Å². The molecule has 3 heterocycles. The third-order valence-corrected chi connectivity index (χ3v) is 3.70. The Morgan fingerprint density at radius 1 is 1.13 bits per heavy atom. The number of pyridine rings is 1. The van der Waals surface area contributed by atoms with E-state index in [0.29, 0.717) is 24.8 Å². The second-order valence-electron chi connectivity index (χ2n) is 6.12. The number of anilines is 1. The number of rotatable bonds is 3. The Morgan fingerprint density at radius 3 is 2.52 bits per heavy atom. The molecule has 0 bridgehead atoms. The minimum atomic E-state index is -4.36. The number of nitrogens with zero attached hydrogens (tertiary/aromatic N) is 4. The zero-order chi connectivity index (χ0) is 16.6. The van der Waals surface area contributed by atoms with Gasteiger partial charge in [-0.25, -0.2) is 15.0 Å². The van der Waals surface area contributed by atoms with Gasteiger partial charge in [-0.3, -0.25) is 0 Å². The molecule has 1 aliphatic rings. The minimum Gasteiger partial charge on any atom is -0.346 e. The Hall–Kier alpha value is -2.18. The number of hydrogen-bond acceptors (Lipinski definition) is 4. The van der Waals surface area contributed by atoms with E-state index in [1.54, 1.807) is 0 Å². The maximum absolute atomic E-state index is 12.6. The summed E-state index contributed by atoms with van der Waals surface area (Å²) in [5.74, 6) is 1.80. The summed E-state index contributed by atoms with van der Waals surface area (Å²) in [5.41, 5.74) is 1.19. The summed E-state index contributed by atoms with van der Waals surface area (Å²) in [4.78, 5) is 14.8. The van der Waals surface area contributed by atoms with Crippen molar-refractivity contribution in [3.05, 3.63) is 47.2 Å². The van der Waals surface area contributed by atoms with Crippen molar-refractivity contribution < 1.29 is 13.2 Å². The van der Waals surface area contributed by atoms with E-state index in [0.717, 1.165) is 35.8 Å². The summed E-state index contributed by atoms with van der Waals surface area (Å²) < 4.78 is 37.8. The van der Waals surface area contributed by atoms with Gasteiger partial charge in [0.2, 0.25) is 0 Å². The van der Waals surface area contributed by atoms with Crippen LogP contribution in [0.25, 0.3) is 0 Å². The zero-order valence-electron chi connectivity index (χ0n) is 12.9. The van der Waals surface area contributed by atoms with Crippen LogP contribution in [-0.2, 0) is 25.7 Å². The van der Waals surface area contributed by atoms with Crippen LogP contribution < -0.4 is 4.90 Å². The molecule has 3 rings (SSSR count). The number of fused-ring (bicyclic) bond motifs is 1. The van der Waals surface area contributed by atoms with Gasteiger partial charge in [-0.2, -0.15) is 13.2 Å². The summed E-state index contributed by atoms with van der Waals surface area (Å²) in [7, 11) is 0. The van der Waals surface area contributed by atoms with Crippen molar-refractivity contribution in [2.45, 2.75) is 39.5 Å². The van der Waals surface area contributed by atoms with Gasteiger partial charge < -0.3 is 4.90 Å². The fourth-order valence-corrected chi connectivity index (χ4v) is 2.56. The number of hydrogen-bond donors (Lipinski definition) is 0. The first-order valence-electron chi connectivity index (χ1n) is 7.45. The van der Waals surface area contributed by atoms with Crippen LogP contribution in [0.15, 0.2) is 24.5 Å². The molecule has 122 valence electrons. The third-order valence-electron chi connectivity index (χ3n) is 3.70. The van der Waals surface area contributed by atoms with Crippen LogP contribution in [0.3, 0.4) is 0 Å². The molecule has 7 heteroatoms. The number of aromatic nitrogens is 3. The Morgan fingerprint density at radius 2 is 1.91 bits per heavy atom. The first kappa shape index (κ1) is 15.7. The number of alkyl halides is 3. The van der Waals surface area contributed by atoms with Gasteiger partial charge in [0.15, 0.2) is 0 Å². The fraction of sp³-hybridized carbons (Fsp3) is 0.438. The molecule has 4 nitrogen and oxygen atoms in total. The maximum atomic E-state index is 12.6. The molecular weight excluding hydrogens is 305 g/mol. The van der Waals surface area contributed by atoms with Gasteiger partial charge in [0.25, 0.3) is 0 Å². The maximum Gasteiger partial charge on any atom is 0.417 e. The molecule has 0 N–H and O–H groups in total. The lowest BCUT2D eigenvalue weighted by Gasteiger charge is -2.16. The van der Waals surface area contributed by atoms with Gasteiger partial charge in [0.1, 0.15) is 11.6 Å². The predicted octanol–water partition coefficient (Wildman–Crippen LogP) is 3.61. The first-order valence-corrected chi connectivity index (χ1v) is 7.45. The van der Waals surface area contributed by atoms with Crippen molar-refractivity contribution in [3.8, 4) is 0 Å². The standard InChI is InChI=1S/C16H17F3N4/c1-10(2)5-14-20-6-11-8-23(9-13(11)22-14)15-4-3-12(7-21-15)16(17,18)19/h3-4,6-7,10H,5,8-9H2,1-2H3. The highest BCUT2D eigenvalue weighted by Crippen LogP contribution is 2.31. The first-order chi connectivity index (χ1) is 10.8. The van der Waals surface area contributed by atoms with Crippen LogP contribution >= 0.6 is 0 Å². The monoisotopic (exact) mass is 322 g/mol. The van der Waals surface area contributed by atoms with E-state index in [1.165, 1.54) is 6.07 Å². The van der Waals surface area contributed by atoms with Crippen molar-refractivity contribution in [2.24, 2.45) is 5.92 Å². The van der Waals surface area contributed by atoms with Gasteiger partial charge in [-0.15, -0.1) is 0 Å². The molecule has 0 unspecified atom stereocenters. The highest BCUT2D eigenvalue weighted by atomic mass is 19.4. The van der Waals surface area contributed by atoms with E-state index < -0.39 is 11.7 Å². The molecule has 0 aliphatic carbocycles. The van der Waals surface area contributed by atoms with E-state index >= 15 is 0 Å². The summed E-state index contributed by atoms with van der Waals surface area (Å²) in [6.45, 7) is 5.32. The third kappa shape index (κ3) is 3.43. The predicted molar refractivity (Wildman–Crippen MR) is 79.7 cm³/mol. The average Bonchev–Trinajstić information content (AvgIpc) is 2.89. The molecule has 0 amide bonds. The van der Waals surface area contributed by atoms with Gasteiger partial charge >= 0.3 is 6.18 Å². The second kappa shape index (κ2) is 5.79. The summed E-state index contributed by atoms with van der Waals surface area (Å²) in [6, 6.07) is 2.46. The molecule has 0 saturated carbocycles. The van der Waals surface area contributed by atoms with E-state index in [2.05, 4.69) is 28.8 Å². The molecule has 0 radical (unpaired) electrons. The van der Waals surface area contributed by atoms with Gasteiger partial charge in [-0.1, -0.05) is 13.8 Å². The lowest BCUT2D eigenvalue weighted by atomic mass is 10.1.